The summed E-state index contributed by atoms with van der Waals surface area (Å²) in [6, 6.07) is 7.62. The standard InChI is InChI=1S/C21H33NO4/c1-15(2)18-9-8-16(3)14-21(18,25)20(24)22-11-10-17-6-4-5-7-19(17)26-13-12-23/h4-7,15-16,18,23,25H,8-14H2,1-3H3,(H,22,24)/t16?,18?,21-/m1/s1. The zero-order valence-corrected chi connectivity index (χ0v) is 16.2. The summed E-state index contributed by atoms with van der Waals surface area (Å²) in [6.45, 7) is 6.91. The van der Waals surface area contributed by atoms with E-state index in [1.165, 1.54) is 0 Å². The number of rotatable bonds is 8. The fourth-order valence-corrected chi connectivity index (χ4v) is 4.10. The monoisotopic (exact) mass is 363 g/mol. The molecule has 1 aliphatic rings. The molecule has 1 saturated carbocycles. The van der Waals surface area contributed by atoms with E-state index in [9.17, 15) is 9.90 Å². The second-order valence-electron chi connectivity index (χ2n) is 7.85. The number of amides is 1. The van der Waals surface area contributed by atoms with Gasteiger partial charge >= 0.3 is 0 Å². The second kappa shape index (κ2) is 9.38. The van der Waals surface area contributed by atoms with Crippen LogP contribution in [0.1, 0.15) is 45.6 Å². The minimum absolute atomic E-state index is 0.00104. The van der Waals surface area contributed by atoms with Gasteiger partial charge in [0, 0.05) is 6.54 Å². The Morgan fingerprint density at radius 3 is 2.77 bits per heavy atom. The van der Waals surface area contributed by atoms with Crippen LogP contribution in [-0.2, 0) is 11.2 Å². The van der Waals surface area contributed by atoms with Gasteiger partial charge in [0.05, 0.1) is 6.61 Å². The zero-order valence-electron chi connectivity index (χ0n) is 16.2. The van der Waals surface area contributed by atoms with Gasteiger partial charge in [-0.2, -0.15) is 0 Å². The first-order valence-corrected chi connectivity index (χ1v) is 9.70. The normalized spacial score (nSPS) is 25.9. The van der Waals surface area contributed by atoms with Crippen molar-refractivity contribution in [3.05, 3.63) is 29.8 Å². The Morgan fingerprint density at radius 2 is 2.08 bits per heavy atom. The Labute approximate surface area is 156 Å². The lowest BCUT2D eigenvalue weighted by molar-refractivity contribution is -0.155. The number of aliphatic hydroxyl groups is 2. The highest BCUT2D eigenvalue weighted by Gasteiger charge is 2.48. The maximum atomic E-state index is 12.8. The summed E-state index contributed by atoms with van der Waals surface area (Å²) in [4.78, 5) is 12.8. The minimum Gasteiger partial charge on any atom is -0.491 e. The Kier molecular flexibility index (Phi) is 7.47. The first-order valence-electron chi connectivity index (χ1n) is 9.70. The number of carbonyl (C=O) groups is 1. The van der Waals surface area contributed by atoms with Crippen molar-refractivity contribution in [1.29, 1.82) is 0 Å². The molecule has 0 spiro atoms. The predicted octanol–water partition coefficient (Wildman–Crippen LogP) is 2.54. The van der Waals surface area contributed by atoms with Crippen LogP contribution in [0, 0.1) is 17.8 Å². The summed E-state index contributed by atoms with van der Waals surface area (Å²) in [5.74, 6) is 1.09. The van der Waals surface area contributed by atoms with Gasteiger partial charge in [-0.25, -0.2) is 0 Å². The maximum Gasteiger partial charge on any atom is 0.252 e. The third kappa shape index (κ3) is 4.98. The molecule has 146 valence electrons. The van der Waals surface area contributed by atoms with Crippen LogP contribution < -0.4 is 10.1 Å². The van der Waals surface area contributed by atoms with Crippen molar-refractivity contribution in [2.45, 2.75) is 52.1 Å². The topological polar surface area (TPSA) is 78.8 Å². The van der Waals surface area contributed by atoms with Crippen LogP contribution in [0.2, 0.25) is 0 Å². The van der Waals surface area contributed by atoms with Crippen molar-refractivity contribution in [3.8, 4) is 5.75 Å². The molecule has 0 aromatic heterocycles. The molecule has 0 radical (unpaired) electrons. The largest absolute Gasteiger partial charge is 0.491 e. The number of hydrogen-bond acceptors (Lipinski definition) is 4. The van der Waals surface area contributed by atoms with Crippen LogP contribution >= 0.6 is 0 Å². The third-order valence-corrected chi connectivity index (χ3v) is 5.44. The molecule has 1 fully saturated rings. The molecule has 0 saturated heterocycles. The lowest BCUT2D eigenvalue weighted by Gasteiger charge is -2.43. The van der Waals surface area contributed by atoms with E-state index < -0.39 is 5.60 Å². The lowest BCUT2D eigenvalue weighted by atomic mass is 9.66. The second-order valence-corrected chi connectivity index (χ2v) is 7.85. The van der Waals surface area contributed by atoms with Gasteiger partial charge in [-0.05, 0) is 48.6 Å². The first kappa shape index (κ1) is 20.7. The quantitative estimate of drug-likeness (QED) is 0.663. The highest BCUT2D eigenvalue weighted by molar-refractivity contribution is 5.85. The van der Waals surface area contributed by atoms with Gasteiger partial charge in [0.15, 0.2) is 0 Å². The molecule has 1 aliphatic carbocycles. The van der Waals surface area contributed by atoms with Crippen molar-refractivity contribution in [2.75, 3.05) is 19.8 Å². The average molecular weight is 363 g/mol. The Morgan fingerprint density at radius 1 is 1.35 bits per heavy atom. The van der Waals surface area contributed by atoms with Crippen LogP contribution in [0.15, 0.2) is 24.3 Å². The molecule has 1 aromatic rings. The average Bonchev–Trinajstić information content (AvgIpc) is 2.60. The predicted molar refractivity (Wildman–Crippen MR) is 102 cm³/mol. The molecular weight excluding hydrogens is 330 g/mol. The smallest absolute Gasteiger partial charge is 0.252 e. The van der Waals surface area contributed by atoms with E-state index >= 15 is 0 Å². The van der Waals surface area contributed by atoms with Crippen molar-refractivity contribution < 1.29 is 19.7 Å². The summed E-state index contributed by atoms with van der Waals surface area (Å²) in [5, 5.41) is 23.0. The van der Waals surface area contributed by atoms with Crippen molar-refractivity contribution >= 4 is 5.91 Å². The van der Waals surface area contributed by atoms with Crippen LogP contribution in [0.5, 0.6) is 5.75 Å². The Balaban J connectivity index is 1.97. The number of aliphatic hydroxyl groups excluding tert-OH is 1. The van der Waals surface area contributed by atoms with Gasteiger partial charge in [-0.1, -0.05) is 45.4 Å². The number of benzene rings is 1. The Hall–Kier alpha value is -1.59. The minimum atomic E-state index is -1.28. The summed E-state index contributed by atoms with van der Waals surface area (Å²) in [6.07, 6.45) is 3.10. The van der Waals surface area contributed by atoms with Gasteiger partial charge in [0.1, 0.15) is 18.0 Å². The highest BCUT2D eigenvalue weighted by atomic mass is 16.5. The molecule has 0 aliphatic heterocycles. The summed E-state index contributed by atoms with van der Waals surface area (Å²) in [7, 11) is 0. The van der Waals surface area contributed by atoms with Crippen LogP contribution in [0.4, 0.5) is 0 Å². The maximum absolute atomic E-state index is 12.8. The van der Waals surface area contributed by atoms with Gasteiger partial charge in [-0.15, -0.1) is 0 Å². The molecule has 0 heterocycles. The SMILES string of the molecule is CC1CCC(C(C)C)[C@@](O)(C(=O)NCCc2ccccc2OCCO)C1. The zero-order chi connectivity index (χ0) is 19.2. The van der Waals surface area contributed by atoms with E-state index in [1.807, 2.05) is 24.3 Å². The number of ether oxygens (including phenoxy) is 1. The molecule has 5 heteroatoms. The van der Waals surface area contributed by atoms with Gasteiger partial charge < -0.3 is 20.3 Å². The molecule has 2 rings (SSSR count). The highest BCUT2D eigenvalue weighted by Crippen LogP contribution is 2.41. The number of para-hydroxylation sites is 1. The molecule has 2 unspecified atom stereocenters. The van der Waals surface area contributed by atoms with E-state index in [-0.39, 0.29) is 31.0 Å². The molecule has 26 heavy (non-hydrogen) atoms. The molecule has 0 bridgehead atoms. The Bertz CT molecular complexity index is 589. The van der Waals surface area contributed by atoms with Crippen LogP contribution in [0.25, 0.3) is 0 Å². The van der Waals surface area contributed by atoms with Gasteiger partial charge in [0.25, 0.3) is 5.91 Å². The fraction of sp³-hybridized carbons (Fsp3) is 0.667. The van der Waals surface area contributed by atoms with Crippen molar-refractivity contribution in [2.24, 2.45) is 17.8 Å². The molecule has 3 N–H and O–H groups in total. The van der Waals surface area contributed by atoms with Crippen LogP contribution in [0.3, 0.4) is 0 Å². The van der Waals surface area contributed by atoms with E-state index in [1.54, 1.807) is 0 Å². The first-order chi connectivity index (χ1) is 12.4. The third-order valence-electron chi connectivity index (χ3n) is 5.44. The molecule has 5 nitrogen and oxygen atoms in total. The van der Waals surface area contributed by atoms with E-state index in [0.717, 1.165) is 24.2 Å². The number of hydrogen-bond donors (Lipinski definition) is 3. The number of nitrogens with one attached hydrogen (secondary N) is 1. The van der Waals surface area contributed by atoms with Crippen LogP contribution in [-0.4, -0.2) is 41.5 Å². The summed E-state index contributed by atoms with van der Waals surface area (Å²) < 4.78 is 5.53. The molecule has 1 aromatic carbocycles. The fourth-order valence-electron chi connectivity index (χ4n) is 4.10. The number of carbonyl (C=O) groups excluding carboxylic acids is 1. The molecular formula is C21H33NO4. The van der Waals surface area contributed by atoms with Gasteiger partial charge in [0.2, 0.25) is 0 Å². The van der Waals surface area contributed by atoms with Crippen molar-refractivity contribution in [1.82, 2.24) is 5.32 Å². The van der Waals surface area contributed by atoms with Gasteiger partial charge in [-0.3, -0.25) is 4.79 Å². The molecule has 1 amide bonds. The van der Waals surface area contributed by atoms with E-state index in [2.05, 4.69) is 26.1 Å². The molecule has 3 atom stereocenters. The summed E-state index contributed by atoms with van der Waals surface area (Å²) in [5.41, 5.74) is -0.302. The lowest BCUT2D eigenvalue weighted by Crippen LogP contribution is -2.56. The van der Waals surface area contributed by atoms with Crippen molar-refractivity contribution in [3.63, 3.8) is 0 Å². The van der Waals surface area contributed by atoms with E-state index in [4.69, 9.17) is 9.84 Å². The summed E-state index contributed by atoms with van der Waals surface area (Å²) >= 11 is 0. The van der Waals surface area contributed by atoms with E-state index in [0.29, 0.717) is 25.3 Å².